The number of ether oxygens (including phenoxy) is 2. The van der Waals surface area contributed by atoms with Gasteiger partial charge in [-0.15, -0.1) is 0 Å². The predicted octanol–water partition coefficient (Wildman–Crippen LogP) is 1.58. The molecule has 4 rings (SSSR count). The summed E-state index contributed by atoms with van der Waals surface area (Å²) in [6.45, 7) is 7.61. The zero-order valence-corrected chi connectivity index (χ0v) is 30.2. The molecule has 2 N–H and O–H groups in total. The number of imide groups is 1. The number of morpholine rings is 1. The number of carbonyl (C=O) groups is 4. The zero-order valence-electron chi connectivity index (χ0n) is 29.4. The Labute approximate surface area is 294 Å². The topological polar surface area (TPSA) is 166 Å². The van der Waals surface area contributed by atoms with Crippen LogP contribution in [0.4, 0.5) is 4.79 Å². The number of nitrogens with zero attached hydrogens (tertiary/aromatic N) is 4. The number of hydrogen-bond acceptors (Lipinski definition) is 9. The van der Waals surface area contributed by atoms with Gasteiger partial charge in [0.15, 0.2) is 0 Å². The van der Waals surface area contributed by atoms with Gasteiger partial charge in [-0.3, -0.25) is 19.3 Å². The Bertz CT molecular complexity index is 1580. The van der Waals surface area contributed by atoms with Crippen molar-refractivity contribution in [2.45, 2.75) is 57.2 Å². The van der Waals surface area contributed by atoms with Gasteiger partial charge in [-0.25, -0.2) is 13.2 Å². The third kappa shape index (κ3) is 9.59. The number of methoxy groups -OCH3 is 1. The fraction of sp³-hybridized carbons (Fsp3) is 0.543. The zero-order chi connectivity index (χ0) is 36.6. The van der Waals surface area contributed by atoms with Crippen LogP contribution in [-0.2, 0) is 35.6 Å². The molecular formula is C35H49N5O9S. The first-order valence-corrected chi connectivity index (χ1v) is 18.3. The Hall–Kier alpha value is -4.05. The fourth-order valence-electron chi connectivity index (χ4n) is 6.12. The summed E-state index contributed by atoms with van der Waals surface area (Å²) in [4.78, 5) is 57.1. The summed E-state index contributed by atoms with van der Waals surface area (Å²) >= 11 is 0. The normalized spacial score (nSPS) is 17.4. The molecule has 3 atom stereocenters. The Morgan fingerprint density at radius 3 is 2.20 bits per heavy atom. The monoisotopic (exact) mass is 715 g/mol. The van der Waals surface area contributed by atoms with Crippen molar-refractivity contribution in [3.05, 3.63) is 60.2 Å². The van der Waals surface area contributed by atoms with E-state index in [0.717, 1.165) is 15.4 Å². The highest BCUT2D eigenvalue weighted by molar-refractivity contribution is 7.89. The molecule has 50 heavy (non-hydrogen) atoms. The average molecular weight is 716 g/mol. The maximum atomic E-state index is 14.1. The summed E-state index contributed by atoms with van der Waals surface area (Å²) in [7, 11) is -2.58. The van der Waals surface area contributed by atoms with Gasteiger partial charge < -0.3 is 29.7 Å². The minimum atomic E-state index is -4.06. The standard InChI is InChI=1S/C35H49N5O9S/c1-24(2)20-38(50(46,47)28-13-11-27(48-5)12-14-28)21-30(41)29(19-26-9-7-6-8-10-26)36-34(44)33(25(3)4)40-23-32(43)39(35(40)45)22-31(42)37-15-17-49-18-16-37/h6-14,24-25,29-30,33,41H,15-23H2,1-5H3,(H,36,44)/t29-,30+,33?/m0/s1. The minimum absolute atomic E-state index is 0.0311. The molecule has 2 aromatic rings. The van der Waals surface area contributed by atoms with E-state index in [-0.39, 0.29) is 42.8 Å². The quantitative estimate of drug-likeness (QED) is 0.246. The molecular weight excluding hydrogens is 666 g/mol. The smallest absolute Gasteiger partial charge is 0.328 e. The first-order chi connectivity index (χ1) is 23.7. The molecule has 274 valence electrons. The fourth-order valence-corrected chi connectivity index (χ4v) is 7.74. The lowest BCUT2D eigenvalue weighted by atomic mass is 9.97. The highest BCUT2D eigenvalue weighted by Gasteiger charge is 2.45. The van der Waals surface area contributed by atoms with Gasteiger partial charge >= 0.3 is 6.03 Å². The third-order valence-electron chi connectivity index (χ3n) is 8.72. The van der Waals surface area contributed by atoms with Crippen LogP contribution < -0.4 is 10.1 Å². The molecule has 2 aliphatic rings. The first-order valence-electron chi connectivity index (χ1n) is 16.9. The van der Waals surface area contributed by atoms with Crippen molar-refractivity contribution >= 4 is 33.8 Å². The summed E-state index contributed by atoms with van der Waals surface area (Å²) in [5.74, 6) is -1.64. The van der Waals surface area contributed by atoms with Gasteiger partial charge in [0.25, 0.3) is 5.91 Å². The second-order valence-corrected chi connectivity index (χ2v) is 15.3. The number of aliphatic hydroxyl groups is 1. The number of nitrogens with one attached hydrogen (secondary N) is 1. The molecule has 0 spiro atoms. The van der Waals surface area contributed by atoms with Gasteiger partial charge in [-0.1, -0.05) is 58.0 Å². The molecule has 2 aliphatic heterocycles. The lowest BCUT2D eigenvalue weighted by Gasteiger charge is -2.34. The summed E-state index contributed by atoms with van der Waals surface area (Å²) < 4.78 is 39.3. The minimum Gasteiger partial charge on any atom is -0.497 e. The van der Waals surface area contributed by atoms with E-state index in [1.807, 2.05) is 44.2 Å². The second kappa shape index (κ2) is 17.2. The summed E-state index contributed by atoms with van der Waals surface area (Å²) in [5, 5.41) is 14.6. The van der Waals surface area contributed by atoms with Crippen LogP contribution in [0.15, 0.2) is 59.5 Å². The van der Waals surface area contributed by atoms with Crippen molar-refractivity contribution in [1.82, 2.24) is 24.3 Å². The highest BCUT2D eigenvalue weighted by Crippen LogP contribution is 2.23. The van der Waals surface area contributed by atoms with Gasteiger partial charge in [-0.05, 0) is 48.1 Å². The third-order valence-corrected chi connectivity index (χ3v) is 10.6. The SMILES string of the molecule is COc1ccc(S(=O)(=O)N(CC(C)C)C[C@@H](O)[C@H](Cc2ccccc2)NC(=O)C(C(C)C)N2CC(=O)N(CC(=O)N3CCOCC3)C2=O)cc1. The molecule has 0 aromatic heterocycles. The summed E-state index contributed by atoms with van der Waals surface area (Å²) in [5.41, 5.74) is 0.784. The van der Waals surface area contributed by atoms with Crippen LogP contribution in [-0.4, -0.2) is 134 Å². The van der Waals surface area contributed by atoms with Gasteiger partial charge in [0.2, 0.25) is 21.8 Å². The summed E-state index contributed by atoms with van der Waals surface area (Å²) in [6, 6.07) is 12.3. The Morgan fingerprint density at radius 2 is 1.62 bits per heavy atom. The number of carbonyl (C=O) groups excluding carboxylic acids is 4. The van der Waals surface area contributed by atoms with E-state index in [1.165, 1.54) is 28.4 Å². The molecule has 14 nitrogen and oxygen atoms in total. The van der Waals surface area contributed by atoms with Gasteiger partial charge in [0.05, 0.1) is 37.4 Å². The molecule has 2 saturated heterocycles. The van der Waals surface area contributed by atoms with Gasteiger partial charge in [0.1, 0.15) is 24.9 Å². The molecule has 0 aliphatic carbocycles. The summed E-state index contributed by atoms with van der Waals surface area (Å²) in [6.07, 6.45) is -1.21. The lowest BCUT2D eigenvalue weighted by Crippen LogP contribution is -2.57. The number of rotatable bonds is 16. The predicted molar refractivity (Wildman–Crippen MR) is 185 cm³/mol. The van der Waals surface area contributed by atoms with Crippen molar-refractivity contribution in [2.24, 2.45) is 11.8 Å². The number of benzene rings is 2. The van der Waals surface area contributed by atoms with Crippen LogP contribution in [0.1, 0.15) is 33.3 Å². The highest BCUT2D eigenvalue weighted by atomic mass is 32.2. The Kier molecular flexibility index (Phi) is 13.4. The van der Waals surface area contributed by atoms with E-state index in [2.05, 4.69) is 5.32 Å². The molecule has 5 amide bonds. The molecule has 2 aromatic carbocycles. The van der Waals surface area contributed by atoms with E-state index in [0.29, 0.717) is 32.1 Å². The number of hydrogen-bond donors (Lipinski definition) is 2. The van der Waals surface area contributed by atoms with Crippen molar-refractivity contribution < 1.29 is 42.2 Å². The number of amides is 5. The Balaban J connectivity index is 1.56. The molecule has 2 heterocycles. The molecule has 15 heteroatoms. The van der Waals surface area contributed by atoms with Crippen LogP contribution in [0.3, 0.4) is 0 Å². The maximum Gasteiger partial charge on any atom is 0.328 e. The van der Waals surface area contributed by atoms with Crippen molar-refractivity contribution in [2.75, 3.05) is 59.6 Å². The number of urea groups is 1. The van der Waals surface area contributed by atoms with Crippen molar-refractivity contribution in [3.8, 4) is 5.75 Å². The van der Waals surface area contributed by atoms with Crippen LogP contribution in [0.5, 0.6) is 5.75 Å². The van der Waals surface area contributed by atoms with Crippen LogP contribution in [0.25, 0.3) is 0 Å². The molecule has 1 unspecified atom stereocenters. The average Bonchev–Trinajstić information content (AvgIpc) is 3.35. The van der Waals surface area contributed by atoms with E-state index < -0.39 is 58.5 Å². The van der Waals surface area contributed by atoms with Crippen molar-refractivity contribution in [1.29, 1.82) is 0 Å². The van der Waals surface area contributed by atoms with E-state index in [1.54, 1.807) is 26.0 Å². The van der Waals surface area contributed by atoms with Crippen LogP contribution in [0, 0.1) is 11.8 Å². The van der Waals surface area contributed by atoms with Crippen LogP contribution in [0.2, 0.25) is 0 Å². The molecule has 0 bridgehead atoms. The van der Waals surface area contributed by atoms with E-state index in [9.17, 15) is 32.7 Å². The van der Waals surface area contributed by atoms with E-state index >= 15 is 0 Å². The molecule has 0 saturated carbocycles. The van der Waals surface area contributed by atoms with Crippen LogP contribution >= 0.6 is 0 Å². The first kappa shape index (κ1) is 38.7. The van der Waals surface area contributed by atoms with E-state index in [4.69, 9.17) is 9.47 Å². The Morgan fingerprint density at radius 1 is 0.980 bits per heavy atom. The molecule has 0 radical (unpaired) electrons. The largest absolute Gasteiger partial charge is 0.497 e. The molecule has 2 fully saturated rings. The number of sulfonamides is 1. The second-order valence-electron chi connectivity index (χ2n) is 13.3. The number of aliphatic hydroxyl groups excluding tert-OH is 1. The van der Waals surface area contributed by atoms with Crippen molar-refractivity contribution in [3.63, 3.8) is 0 Å². The lowest BCUT2D eigenvalue weighted by molar-refractivity contribution is -0.139. The van der Waals surface area contributed by atoms with Gasteiger partial charge in [-0.2, -0.15) is 4.31 Å². The van der Waals surface area contributed by atoms with Gasteiger partial charge in [0, 0.05) is 26.2 Å². The maximum absolute atomic E-state index is 14.1.